The molecule has 17 heavy (non-hydrogen) atoms. The molecule has 0 radical (unpaired) electrons. The summed E-state index contributed by atoms with van der Waals surface area (Å²) < 4.78 is 39.7. The van der Waals surface area contributed by atoms with Gasteiger partial charge in [0, 0.05) is 0 Å². The van der Waals surface area contributed by atoms with Gasteiger partial charge in [0.2, 0.25) is 0 Å². The van der Waals surface area contributed by atoms with Gasteiger partial charge in [-0.05, 0) is 24.6 Å². The number of aryl methyl sites for hydroxylation is 1. The lowest BCUT2D eigenvalue weighted by Crippen LogP contribution is -2.18. The lowest BCUT2D eigenvalue weighted by Gasteiger charge is -2.12. The Morgan fingerprint density at radius 2 is 2.06 bits per heavy atom. The molecule has 1 aromatic carbocycles. The number of halogens is 3. The molecule has 0 atom stereocenters. The monoisotopic (exact) mass is 245 g/mol. The van der Waals surface area contributed by atoms with Crippen LogP contribution in [0.1, 0.15) is 21.5 Å². The Kier molecular flexibility index (Phi) is 3.27. The largest absolute Gasteiger partial charge is 0.573 e. The lowest BCUT2D eigenvalue weighted by molar-refractivity contribution is -0.274. The summed E-state index contributed by atoms with van der Waals surface area (Å²) >= 11 is 0. The Labute approximate surface area is 93.8 Å². The molecule has 0 saturated carbocycles. The van der Waals surface area contributed by atoms with Crippen molar-refractivity contribution in [2.45, 2.75) is 13.3 Å². The second kappa shape index (κ2) is 4.33. The van der Waals surface area contributed by atoms with Crippen LogP contribution < -0.4 is 4.74 Å². The minimum absolute atomic E-state index is 0.0314. The smallest absolute Gasteiger partial charge is 0.478 e. The molecule has 0 saturated heterocycles. The van der Waals surface area contributed by atoms with Gasteiger partial charge >= 0.3 is 12.3 Å². The number of carbonyl (C=O) groups is 1. The molecule has 0 spiro atoms. The van der Waals surface area contributed by atoms with Gasteiger partial charge in [-0.15, -0.1) is 13.2 Å². The Balaban J connectivity index is 3.31. The Bertz CT molecular complexity index is 503. The standard InChI is InChI=1S/C10H6F3NO3/c1-5-2-6(4-14)7(9(15)16)3-8(5)17-10(11,12)13/h2-3H,1H3,(H,15,16). The first-order chi connectivity index (χ1) is 7.74. The number of carboxylic acids is 1. The molecule has 0 unspecified atom stereocenters. The molecular formula is C10H6F3NO3. The van der Waals surface area contributed by atoms with Gasteiger partial charge in [-0.25, -0.2) is 4.79 Å². The van der Waals surface area contributed by atoms with E-state index in [-0.39, 0.29) is 11.1 Å². The highest BCUT2D eigenvalue weighted by molar-refractivity contribution is 5.91. The molecule has 0 aliphatic rings. The summed E-state index contributed by atoms with van der Waals surface area (Å²) in [6.07, 6.45) is -4.91. The van der Waals surface area contributed by atoms with Crippen LogP contribution in [0.15, 0.2) is 12.1 Å². The number of alkyl halides is 3. The van der Waals surface area contributed by atoms with E-state index in [4.69, 9.17) is 10.4 Å². The number of nitrogens with zero attached hydrogens (tertiary/aromatic N) is 1. The summed E-state index contributed by atoms with van der Waals surface area (Å²) in [5.74, 6) is -2.12. The quantitative estimate of drug-likeness (QED) is 0.868. The Morgan fingerprint density at radius 1 is 1.47 bits per heavy atom. The summed E-state index contributed by atoms with van der Waals surface area (Å²) in [5, 5.41) is 17.4. The van der Waals surface area contributed by atoms with Crippen LogP contribution in [0.5, 0.6) is 5.75 Å². The zero-order valence-corrected chi connectivity index (χ0v) is 8.50. The third-order valence-electron chi connectivity index (χ3n) is 1.89. The predicted molar refractivity (Wildman–Crippen MR) is 49.5 cm³/mol. The van der Waals surface area contributed by atoms with E-state index in [1.165, 1.54) is 6.92 Å². The van der Waals surface area contributed by atoms with Gasteiger partial charge in [0.25, 0.3) is 0 Å². The Hall–Kier alpha value is -2.23. The van der Waals surface area contributed by atoms with E-state index in [0.717, 1.165) is 6.07 Å². The van der Waals surface area contributed by atoms with Gasteiger partial charge in [-0.2, -0.15) is 5.26 Å². The number of carboxylic acid groups (broad SMARTS) is 1. The summed E-state index contributed by atoms with van der Waals surface area (Å²) in [7, 11) is 0. The van der Waals surface area contributed by atoms with Gasteiger partial charge in [-0.3, -0.25) is 0 Å². The van der Waals surface area contributed by atoms with Gasteiger partial charge < -0.3 is 9.84 Å². The van der Waals surface area contributed by atoms with Crippen LogP contribution in [0.3, 0.4) is 0 Å². The van der Waals surface area contributed by atoms with Crippen molar-refractivity contribution < 1.29 is 27.8 Å². The number of hydrogen-bond donors (Lipinski definition) is 1. The third kappa shape index (κ3) is 3.11. The van der Waals surface area contributed by atoms with Crippen LogP contribution in [0.2, 0.25) is 0 Å². The van der Waals surface area contributed by atoms with Gasteiger partial charge in [0.1, 0.15) is 11.8 Å². The van der Waals surface area contributed by atoms with Crippen molar-refractivity contribution in [3.63, 3.8) is 0 Å². The predicted octanol–water partition coefficient (Wildman–Crippen LogP) is 2.46. The number of benzene rings is 1. The molecule has 0 bridgehead atoms. The van der Waals surface area contributed by atoms with Crippen molar-refractivity contribution in [1.82, 2.24) is 0 Å². The zero-order chi connectivity index (χ0) is 13.2. The fourth-order valence-corrected chi connectivity index (χ4v) is 1.19. The van der Waals surface area contributed by atoms with E-state index in [2.05, 4.69) is 4.74 Å². The lowest BCUT2D eigenvalue weighted by atomic mass is 10.0. The average Bonchev–Trinajstić information content (AvgIpc) is 2.18. The molecule has 1 rings (SSSR count). The molecular weight excluding hydrogens is 239 g/mol. The molecule has 0 fully saturated rings. The highest BCUT2D eigenvalue weighted by atomic mass is 19.4. The maximum absolute atomic E-state index is 12.0. The number of ether oxygens (including phenoxy) is 1. The summed E-state index contributed by atoms with van der Waals surface area (Å²) in [6.45, 7) is 1.29. The van der Waals surface area contributed by atoms with E-state index in [1.54, 1.807) is 6.07 Å². The molecule has 7 heteroatoms. The summed E-state index contributed by atoms with van der Waals surface area (Å²) in [4.78, 5) is 10.7. The molecule has 0 amide bonds. The molecule has 90 valence electrons. The topological polar surface area (TPSA) is 70.3 Å². The van der Waals surface area contributed by atoms with Gasteiger partial charge in [0.05, 0.1) is 11.1 Å². The number of aromatic carboxylic acids is 1. The highest BCUT2D eigenvalue weighted by Crippen LogP contribution is 2.28. The highest BCUT2D eigenvalue weighted by Gasteiger charge is 2.32. The van der Waals surface area contributed by atoms with Gasteiger partial charge in [-0.1, -0.05) is 0 Å². The van der Waals surface area contributed by atoms with E-state index in [1.807, 2.05) is 0 Å². The zero-order valence-electron chi connectivity index (χ0n) is 8.50. The molecule has 0 aliphatic carbocycles. The second-order valence-corrected chi connectivity index (χ2v) is 3.13. The third-order valence-corrected chi connectivity index (χ3v) is 1.89. The first-order valence-electron chi connectivity index (χ1n) is 4.28. The van der Waals surface area contributed by atoms with Crippen LogP contribution in [0, 0.1) is 18.3 Å². The van der Waals surface area contributed by atoms with Crippen LogP contribution in [-0.2, 0) is 0 Å². The van der Waals surface area contributed by atoms with E-state index in [9.17, 15) is 18.0 Å². The molecule has 1 aromatic rings. The average molecular weight is 245 g/mol. The van der Waals surface area contributed by atoms with Crippen molar-refractivity contribution in [2.24, 2.45) is 0 Å². The first-order valence-corrected chi connectivity index (χ1v) is 4.28. The normalized spacial score (nSPS) is 10.8. The van der Waals surface area contributed by atoms with Crippen LogP contribution in [0.4, 0.5) is 13.2 Å². The van der Waals surface area contributed by atoms with Crippen molar-refractivity contribution in [1.29, 1.82) is 5.26 Å². The van der Waals surface area contributed by atoms with E-state index in [0.29, 0.717) is 6.07 Å². The van der Waals surface area contributed by atoms with Crippen LogP contribution in [-0.4, -0.2) is 17.4 Å². The van der Waals surface area contributed by atoms with Crippen molar-refractivity contribution in [3.05, 3.63) is 28.8 Å². The van der Waals surface area contributed by atoms with E-state index < -0.39 is 23.6 Å². The second-order valence-electron chi connectivity index (χ2n) is 3.13. The van der Waals surface area contributed by atoms with Crippen LogP contribution in [0.25, 0.3) is 0 Å². The SMILES string of the molecule is Cc1cc(C#N)c(C(=O)O)cc1OC(F)(F)F. The summed E-state index contributed by atoms with van der Waals surface area (Å²) in [6, 6.07) is 3.31. The molecule has 0 aliphatic heterocycles. The summed E-state index contributed by atoms with van der Waals surface area (Å²) in [5.41, 5.74) is -0.717. The van der Waals surface area contributed by atoms with Crippen molar-refractivity contribution in [2.75, 3.05) is 0 Å². The molecule has 4 nitrogen and oxygen atoms in total. The number of nitriles is 1. The van der Waals surface area contributed by atoms with Crippen molar-refractivity contribution >= 4 is 5.97 Å². The minimum atomic E-state index is -4.91. The molecule has 0 aromatic heterocycles. The fraction of sp³-hybridized carbons (Fsp3) is 0.200. The molecule has 0 heterocycles. The maximum atomic E-state index is 12.0. The molecule has 1 N–H and O–H groups in total. The van der Waals surface area contributed by atoms with Gasteiger partial charge in [0.15, 0.2) is 0 Å². The Morgan fingerprint density at radius 3 is 2.47 bits per heavy atom. The first kappa shape index (κ1) is 12.8. The number of rotatable bonds is 2. The van der Waals surface area contributed by atoms with Crippen molar-refractivity contribution in [3.8, 4) is 11.8 Å². The maximum Gasteiger partial charge on any atom is 0.573 e. The minimum Gasteiger partial charge on any atom is -0.478 e. The fourth-order valence-electron chi connectivity index (χ4n) is 1.19. The van der Waals surface area contributed by atoms with E-state index >= 15 is 0 Å². The van der Waals surface area contributed by atoms with Crippen LogP contribution >= 0.6 is 0 Å². The number of hydrogen-bond acceptors (Lipinski definition) is 3.